The number of aromatic nitrogens is 1. The van der Waals surface area contributed by atoms with Gasteiger partial charge in [0.2, 0.25) is 5.91 Å². The number of amides is 1. The minimum Gasteiger partial charge on any atom is -0.366 e. The van der Waals surface area contributed by atoms with Crippen LogP contribution in [0, 0.1) is 5.92 Å². The molecule has 0 unspecified atom stereocenters. The van der Waals surface area contributed by atoms with Crippen LogP contribution < -0.4 is 17.0 Å². The second-order valence-corrected chi connectivity index (χ2v) is 6.83. The molecule has 1 heterocycles. The van der Waals surface area contributed by atoms with Crippen molar-refractivity contribution >= 4 is 16.7 Å². The van der Waals surface area contributed by atoms with Gasteiger partial charge in [-0.05, 0) is 29.0 Å². The molecule has 0 aliphatic heterocycles. The number of hydrogen-bond acceptors (Lipinski definition) is 3. The lowest BCUT2D eigenvalue weighted by molar-refractivity contribution is 0.100. The average molecular weight is 349 g/mol. The Hall–Kier alpha value is -2.92. The molecule has 0 radical (unpaired) electrons. The summed E-state index contributed by atoms with van der Waals surface area (Å²) < 4.78 is 1.74. The summed E-state index contributed by atoms with van der Waals surface area (Å²) in [7, 11) is 0. The number of nitrogens with zero attached hydrogens (tertiary/aromatic N) is 1. The Labute approximate surface area is 152 Å². The highest BCUT2D eigenvalue weighted by Crippen LogP contribution is 2.31. The predicted molar refractivity (Wildman–Crippen MR) is 105 cm³/mol. The Morgan fingerprint density at radius 3 is 2.35 bits per heavy atom. The van der Waals surface area contributed by atoms with E-state index in [1.165, 1.54) is 0 Å². The van der Waals surface area contributed by atoms with Crippen LogP contribution in [0.2, 0.25) is 0 Å². The molecule has 1 amide bonds. The van der Waals surface area contributed by atoms with Crippen LogP contribution in [0.4, 0.5) is 0 Å². The first-order chi connectivity index (χ1) is 12.4. The molecule has 4 N–H and O–H groups in total. The summed E-state index contributed by atoms with van der Waals surface area (Å²) in [6, 6.07) is 14.9. The molecule has 3 rings (SSSR count). The predicted octanol–water partition coefficient (Wildman–Crippen LogP) is 2.88. The topological polar surface area (TPSA) is 91.1 Å². The van der Waals surface area contributed by atoms with Crippen molar-refractivity contribution in [1.82, 2.24) is 4.57 Å². The van der Waals surface area contributed by atoms with Gasteiger partial charge in [-0.3, -0.25) is 9.59 Å². The number of benzene rings is 2. The van der Waals surface area contributed by atoms with E-state index >= 15 is 0 Å². The third kappa shape index (κ3) is 3.13. The monoisotopic (exact) mass is 349 g/mol. The maximum absolute atomic E-state index is 13.2. The number of hydrogen-bond donors (Lipinski definition) is 2. The molecule has 0 atom stereocenters. The van der Waals surface area contributed by atoms with Gasteiger partial charge < -0.3 is 16.0 Å². The largest absolute Gasteiger partial charge is 0.366 e. The van der Waals surface area contributed by atoms with Crippen LogP contribution in [-0.2, 0) is 13.1 Å². The quantitative estimate of drug-likeness (QED) is 0.742. The zero-order valence-electron chi connectivity index (χ0n) is 15.0. The standard InChI is InChI=1S/C21H23N3O2/c1-13(2)12-24-18(11-22)19(14-6-4-3-5-7-14)16-9-8-15(20(23)25)10-17(16)21(24)26/h3-10,13H,11-12,22H2,1-2H3,(H2,23,25). The smallest absolute Gasteiger partial charge is 0.258 e. The average Bonchev–Trinajstić information content (AvgIpc) is 2.63. The van der Waals surface area contributed by atoms with Crippen LogP contribution in [-0.4, -0.2) is 10.5 Å². The second-order valence-electron chi connectivity index (χ2n) is 6.83. The van der Waals surface area contributed by atoms with E-state index in [-0.39, 0.29) is 18.0 Å². The van der Waals surface area contributed by atoms with E-state index in [0.717, 1.165) is 22.2 Å². The first-order valence-electron chi connectivity index (χ1n) is 8.68. The molecule has 0 fully saturated rings. The van der Waals surface area contributed by atoms with E-state index in [0.29, 0.717) is 17.5 Å². The molecule has 0 aliphatic rings. The molecule has 3 aromatic rings. The van der Waals surface area contributed by atoms with Gasteiger partial charge in [-0.15, -0.1) is 0 Å². The lowest BCUT2D eigenvalue weighted by Gasteiger charge is -2.20. The third-order valence-corrected chi connectivity index (χ3v) is 4.47. The second kappa shape index (κ2) is 7.14. The highest BCUT2D eigenvalue weighted by atomic mass is 16.1. The van der Waals surface area contributed by atoms with Gasteiger partial charge in [-0.1, -0.05) is 50.2 Å². The summed E-state index contributed by atoms with van der Waals surface area (Å²) in [6.07, 6.45) is 0. The number of primary amides is 1. The lowest BCUT2D eigenvalue weighted by atomic mass is 9.95. The van der Waals surface area contributed by atoms with Gasteiger partial charge in [0, 0.05) is 35.3 Å². The van der Waals surface area contributed by atoms with Crippen LogP contribution in [0.25, 0.3) is 21.9 Å². The van der Waals surface area contributed by atoms with E-state index in [9.17, 15) is 9.59 Å². The molecular weight excluding hydrogens is 326 g/mol. The molecule has 5 nitrogen and oxygen atoms in total. The van der Waals surface area contributed by atoms with E-state index in [1.54, 1.807) is 22.8 Å². The highest BCUT2D eigenvalue weighted by molar-refractivity contribution is 6.02. The molecule has 26 heavy (non-hydrogen) atoms. The fourth-order valence-corrected chi connectivity index (χ4v) is 3.35. The number of rotatable bonds is 5. The molecule has 0 aliphatic carbocycles. The SMILES string of the molecule is CC(C)Cn1c(CN)c(-c2ccccc2)c2ccc(C(N)=O)cc2c1=O. The van der Waals surface area contributed by atoms with Crippen molar-refractivity contribution in [2.75, 3.05) is 0 Å². The van der Waals surface area contributed by atoms with Crippen molar-refractivity contribution in [3.63, 3.8) is 0 Å². The normalized spacial score (nSPS) is 11.2. The van der Waals surface area contributed by atoms with Crippen LogP contribution >= 0.6 is 0 Å². The molecule has 0 spiro atoms. The van der Waals surface area contributed by atoms with E-state index in [2.05, 4.69) is 13.8 Å². The van der Waals surface area contributed by atoms with E-state index in [4.69, 9.17) is 11.5 Å². The van der Waals surface area contributed by atoms with Crippen molar-refractivity contribution < 1.29 is 4.79 Å². The molecule has 134 valence electrons. The molecule has 2 aromatic carbocycles. The summed E-state index contributed by atoms with van der Waals surface area (Å²) >= 11 is 0. The maximum atomic E-state index is 13.2. The fraction of sp³-hybridized carbons (Fsp3) is 0.238. The maximum Gasteiger partial charge on any atom is 0.258 e. The van der Waals surface area contributed by atoms with Gasteiger partial charge in [0.15, 0.2) is 0 Å². The van der Waals surface area contributed by atoms with Crippen molar-refractivity contribution in [2.24, 2.45) is 17.4 Å². The molecule has 1 aromatic heterocycles. The number of carbonyl (C=O) groups is 1. The molecular formula is C21H23N3O2. The zero-order valence-corrected chi connectivity index (χ0v) is 15.0. The Bertz CT molecular complexity index is 1020. The van der Waals surface area contributed by atoms with Crippen molar-refractivity contribution in [3.8, 4) is 11.1 Å². The third-order valence-electron chi connectivity index (χ3n) is 4.47. The summed E-state index contributed by atoms with van der Waals surface area (Å²) in [5.41, 5.74) is 14.4. The van der Waals surface area contributed by atoms with Gasteiger partial charge in [0.05, 0.1) is 0 Å². The Balaban J connectivity index is 2.48. The number of fused-ring (bicyclic) bond motifs is 1. The van der Waals surface area contributed by atoms with Crippen molar-refractivity contribution in [2.45, 2.75) is 26.9 Å². The Kier molecular flexibility index (Phi) is 4.91. The summed E-state index contributed by atoms with van der Waals surface area (Å²) in [5, 5.41) is 1.27. The van der Waals surface area contributed by atoms with Gasteiger partial charge >= 0.3 is 0 Å². The molecule has 0 saturated carbocycles. The van der Waals surface area contributed by atoms with E-state index in [1.807, 2.05) is 30.3 Å². The van der Waals surface area contributed by atoms with Crippen LogP contribution in [0.1, 0.15) is 29.9 Å². The Morgan fingerprint density at radius 2 is 1.77 bits per heavy atom. The van der Waals surface area contributed by atoms with E-state index < -0.39 is 5.91 Å². The summed E-state index contributed by atoms with van der Waals surface area (Å²) in [6.45, 7) is 4.92. The van der Waals surface area contributed by atoms with Crippen LogP contribution in [0.5, 0.6) is 0 Å². The number of pyridine rings is 1. The van der Waals surface area contributed by atoms with Crippen LogP contribution in [0.3, 0.4) is 0 Å². The van der Waals surface area contributed by atoms with Gasteiger partial charge in [-0.25, -0.2) is 0 Å². The fourth-order valence-electron chi connectivity index (χ4n) is 3.35. The molecule has 0 saturated heterocycles. The van der Waals surface area contributed by atoms with Gasteiger partial charge in [0.25, 0.3) is 5.56 Å². The lowest BCUT2D eigenvalue weighted by Crippen LogP contribution is -2.28. The minimum absolute atomic E-state index is 0.142. The molecule has 0 bridgehead atoms. The molecule has 5 heteroatoms. The van der Waals surface area contributed by atoms with Gasteiger partial charge in [-0.2, -0.15) is 0 Å². The zero-order chi connectivity index (χ0) is 18.8. The Morgan fingerprint density at radius 1 is 1.08 bits per heavy atom. The first kappa shape index (κ1) is 17.9. The summed E-state index contributed by atoms with van der Waals surface area (Å²) in [5.74, 6) is -0.274. The van der Waals surface area contributed by atoms with Crippen molar-refractivity contribution in [3.05, 3.63) is 70.1 Å². The van der Waals surface area contributed by atoms with Gasteiger partial charge in [0.1, 0.15) is 0 Å². The first-order valence-corrected chi connectivity index (χ1v) is 8.68. The summed E-state index contributed by atoms with van der Waals surface area (Å²) in [4.78, 5) is 24.7. The number of carbonyl (C=O) groups excluding carboxylic acids is 1. The number of nitrogens with two attached hydrogens (primary N) is 2. The highest BCUT2D eigenvalue weighted by Gasteiger charge is 2.18. The van der Waals surface area contributed by atoms with Crippen molar-refractivity contribution in [1.29, 1.82) is 0 Å². The minimum atomic E-state index is -0.550. The van der Waals surface area contributed by atoms with Crippen LogP contribution in [0.15, 0.2) is 53.3 Å².